The Balaban J connectivity index is 1.56. The number of pyridine rings is 1. The van der Waals surface area contributed by atoms with Crippen molar-refractivity contribution in [2.75, 3.05) is 11.9 Å². The van der Waals surface area contributed by atoms with E-state index in [-0.39, 0.29) is 17.9 Å². The maximum Gasteiger partial charge on any atom is 0.273 e. The zero-order valence-electron chi connectivity index (χ0n) is 13.2. The highest BCUT2D eigenvalue weighted by Crippen LogP contribution is 2.18. The third kappa shape index (κ3) is 4.07. The average Bonchev–Trinajstić information content (AvgIpc) is 3.14. The second kappa shape index (κ2) is 7.51. The van der Waals surface area contributed by atoms with Crippen LogP contribution in [0, 0.1) is 11.6 Å². The minimum absolute atomic E-state index is 0.00974. The maximum absolute atomic E-state index is 13.1. The molecule has 3 rings (SSSR count). The minimum Gasteiger partial charge on any atom is -0.355 e. The lowest BCUT2D eigenvalue weighted by molar-refractivity contribution is -0.115. The fourth-order valence-electron chi connectivity index (χ4n) is 2.06. The molecule has 0 fully saturated rings. The Hall–Kier alpha value is -3.62. The van der Waals surface area contributed by atoms with Crippen LogP contribution in [0.1, 0.15) is 10.5 Å². The molecule has 26 heavy (non-hydrogen) atoms. The average molecular weight is 358 g/mol. The third-order valence-corrected chi connectivity index (χ3v) is 3.30. The largest absolute Gasteiger partial charge is 0.355 e. The van der Waals surface area contributed by atoms with E-state index in [0.717, 1.165) is 12.1 Å². The molecule has 2 aromatic heterocycles. The van der Waals surface area contributed by atoms with Gasteiger partial charge in [0.1, 0.15) is 0 Å². The van der Waals surface area contributed by atoms with Crippen LogP contribution in [-0.4, -0.2) is 28.5 Å². The van der Waals surface area contributed by atoms with Gasteiger partial charge in [0.2, 0.25) is 5.91 Å². The first-order valence-electron chi connectivity index (χ1n) is 7.43. The lowest BCUT2D eigenvalue weighted by atomic mass is 10.2. The molecule has 3 aromatic rings. The number of anilines is 1. The summed E-state index contributed by atoms with van der Waals surface area (Å²) in [6, 6.07) is 7.80. The molecule has 132 valence electrons. The van der Waals surface area contributed by atoms with Crippen LogP contribution < -0.4 is 10.6 Å². The number of benzene rings is 1. The Kier molecular flexibility index (Phi) is 4.97. The van der Waals surface area contributed by atoms with Crippen molar-refractivity contribution in [3.63, 3.8) is 0 Å². The Morgan fingerprint density at radius 3 is 2.69 bits per heavy atom. The highest BCUT2D eigenvalue weighted by molar-refractivity contribution is 5.98. The van der Waals surface area contributed by atoms with Gasteiger partial charge in [-0.05, 0) is 24.3 Å². The van der Waals surface area contributed by atoms with E-state index in [0.29, 0.717) is 11.3 Å². The predicted molar refractivity (Wildman–Crippen MR) is 87.1 cm³/mol. The van der Waals surface area contributed by atoms with E-state index in [9.17, 15) is 18.4 Å². The lowest BCUT2D eigenvalue weighted by Gasteiger charge is -2.06. The van der Waals surface area contributed by atoms with E-state index in [4.69, 9.17) is 4.52 Å². The number of nitrogens with one attached hydrogen (secondary N) is 2. The van der Waals surface area contributed by atoms with Gasteiger partial charge in [-0.15, -0.1) is 0 Å². The van der Waals surface area contributed by atoms with Gasteiger partial charge in [-0.25, -0.2) is 8.78 Å². The molecule has 1 aromatic carbocycles. The van der Waals surface area contributed by atoms with E-state index in [2.05, 4.69) is 20.8 Å². The van der Waals surface area contributed by atoms with Gasteiger partial charge in [-0.2, -0.15) is 0 Å². The fraction of sp³-hybridized carbons (Fsp3) is 0.0588. The standard InChI is InChI=1S/C17H12F2N4O3/c18-12-4-3-11(6-13(12)19)22-16(24)9-21-17(25)14-7-15(26-23-14)10-2-1-5-20-8-10/h1-8H,9H2,(H,21,25)(H,22,24). The van der Waals surface area contributed by atoms with Crippen LogP contribution in [-0.2, 0) is 4.79 Å². The number of halogens is 2. The van der Waals surface area contributed by atoms with E-state index in [1.165, 1.54) is 12.1 Å². The summed E-state index contributed by atoms with van der Waals surface area (Å²) in [6.45, 7) is -0.382. The summed E-state index contributed by atoms with van der Waals surface area (Å²) in [5.74, 6) is -2.98. The highest BCUT2D eigenvalue weighted by atomic mass is 19.2. The molecule has 0 saturated carbocycles. The molecule has 0 bridgehead atoms. The number of amides is 2. The van der Waals surface area contributed by atoms with Crippen LogP contribution in [0.2, 0.25) is 0 Å². The normalized spacial score (nSPS) is 10.4. The molecule has 0 unspecified atom stereocenters. The van der Waals surface area contributed by atoms with Crippen molar-refractivity contribution < 1.29 is 22.9 Å². The van der Waals surface area contributed by atoms with Gasteiger partial charge >= 0.3 is 0 Å². The molecular weight excluding hydrogens is 346 g/mol. The molecule has 0 radical (unpaired) electrons. The van der Waals surface area contributed by atoms with Crippen molar-refractivity contribution >= 4 is 17.5 Å². The molecule has 0 aliphatic carbocycles. The van der Waals surface area contributed by atoms with E-state index in [1.807, 2.05) is 0 Å². The second-order valence-corrected chi connectivity index (χ2v) is 5.18. The minimum atomic E-state index is -1.09. The number of rotatable bonds is 5. The van der Waals surface area contributed by atoms with Crippen molar-refractivity contribution in [2.45, 2.75) is 0 Å². The van der Waals surface area contributed by atoms with Gasteiger partial charge in [0.05, 0.1) is 6.54 Å². The number of carbonyl (C=O) groups is 2. The summed E-state index contributed by atoms with van der Waals surface area (Å²) in [4.78, 5) is 27.7. The number of nitrogens with zero attached hydrogens (tertiary/aromatic N) is 2. The molecule has 9 heteroatoms. The number of hydrogen-bond donors (Lipinski definition) is 2. The van der Waals surface area contributed by atoms with Crippen LogP contribution in [0.3, 0.4) is 0 Å². The quantitative estimate of drug-likeness (QED) is 0.730. The van der Waals surface area contributed by atoms with Crippen LogP contribution in [0.25, 0.3) is 11.3 Å². The second-order valence-electron chi connectivity index (χ2n) is 5.18. The summed E-state index contributed by atoms with van der Waals surface area (Å²) in [5.41, 5.74) is 0.711. The SMILES string of the molecule is O=C(CNC(=O)c1cc(-c2cccnc2)on1)Nc1ccc(F)c(F)c1. The fourth-order valence-corrected chi connectivity index (χ4v) is 2.06. The smallest absolute Gasteiger partial charge is 0.273 e. The van der Waals surface area contributed by atoms with Crippen molar-refractivity contribution in [1.29, 1.82) is 0 Å². The van der Waals surface area contributed by atoms with Crippen molar-refractivity contribution in [3.8, 4) is 11.3 Å². The van der Waals surface area contributed by atoms with Gasteiger partial charge < -0.3 is 15.2 Å². The lowest BCUT2D eigenvalue weighted by Crippen LogP contribution is -2.33. The first-order chi connectivity index (χ1) is 12.5. The first kappa shape index (κ1) is 17.2. The van der Waals surface area contributed by atoms with Gasteiger partial charge in [-0.1, -0.05) is 5.16 Å². The molecule has 0 saturated heterocycles. The van der Waals surface area contributed by atoms with Gasteiger partial charge in [-0.3, -0.25) is 14.6 Å². The molecule has 0 spiro atoms. The Morgan fingerprint density at radius 1 is 1.12 bits per heavy atom. The number of aromatic nitrogens is 2. The van der Waals surface area contributed by atoms with Gasteiger partial charge in [0.25, 0.3) is 5.91 Å². The van der Waals surface area contributed by atoms with E-state index < -0.39 is 23.4 Å². The maximum atomic E-state index is 13.1. The number of hydrogen-bond acceptors (Lipinski definition) is 5. The molecule has 2 amide bonds. The Morgan fingerprint density at radius 2 is 1.96 bits per heavy atom. The monoisotopic (exact) mass is 358 g/mol. The highest BCUT2D eigenvalue weighted by Gasteiger charge is 2.15. The molecule has 7 nitrogen and oxygen atoms in total. The predicted octanol–water partition coefficient (Wildman–Crippen LogP) is 2.38. The topological polar surface area (TPSA) is 97.1 Å². The molecule has 2 heterocycles. The van der Waals surface area contributed by atoms with E-state index >= 15 is 0 Å². The summed E-state index contributed by atoms with van der Waals surface area (Å²) in [6.07, 6.45) is 3.15. The summed E-state index contributed by atoms with van der Waals surface area (Å²) in [5, 5.41) is 8.33. The molecule has 0 atom stereocenters. The van der Waals surface area contributed by atoms with Gasteiger partial charge in [0, 0.05) is 35.8 Å². The Bertz CT molecular complexity index is 944. The van der Waals surface area contributed by atoms with E-state index in [1.54, 1.807) is 24.5 Å². The van der Waals surface area contributed by atoms with Crippen LogP contribution in [0.4, 0.5) is 14.5 Å². The van der Waals surface area contributed by atoms with Crippen LogP contribution >= 0.6 is 0 Å². The zero-order valence-corrected chi connectivity index (χ0v) is 13.2. The molecule has 0 aliphatic rings. The van der Waals surface area contributed by atoms with Crippen LogP contribution in [0.5, 0.6) is 0 Å². The zero-order chi connectivity index (χ0) is 18.5. The molecular formula is C17H12F2N4O3. The van der Waals surface area contributed by atoms with Crippen molar-refractivity contribution in [1.82, 2.24) is 15.5 Å². The summed E-state index contributed by atoms with van der Waals surface area (Å²) < 4.78 is 31.0. The first-order valence-corrected chi connectivity index (χ1v) is 7.43. The number of carbonyl (C=O) groups excluding carboxylic acids is 2. The summed E-state index contributed by atoms with van der Waals surface area (Å²) >= 11 is 0. The molecule has 0 aliphatic heterocycles. The summed E-state index contributed by atoms with van der Waals surface area (Å²) in [7, 11) is 0. The third-order valence-electron chi connectivity index (χ3n) is 3.30. The van der Waals surface area contributed by atoms with Crippen molar-refractivity contribution in [3.05, 3.63) is 66.1 Å². The van der Waals surface area contributed by atoms with Gasteiger partial charge in [0.15, 0.2) is 23.1 Å². The molecule has 2 N–H and O–H groups in total. The Labute approximate surface area is 146 Å². The van der Waals surface area contributed by atoms with Crippen LogP contribution in [0.15, 0.2) is 53.3 Å². The van der Waals surface area contributed by atoms with Crippen molar-refractivity contribution in [2.24, 2.45) is 0 Å².